The summed E-state index contributed by atoms with van der Waals surface area (Å²) in [5.74, 6) is -0.0774. The highest BCUT2D eigenvalue weighted by Gasteiger charge is 2.23. The molecule has 0 aromatic carbocycles. The Balaban J connectivity index is 2.07. The Labute approximate surface area is 106 Å². The molecule has 1 saturated heterocycles. The van der Waals surface area contributed by atoms with E-state index in [0.29, 0.717) is 11.3 Å². The van der Waals surface area contributed by atoms with Crippen molar-refractivity contribution in [2.24, 2.45) is 0 Å². The molecule has 2 rings (SSSR count). The van der Waals surface area contributed by atoms with Gasteiger partial charge in [-0.05, 0) is 38.1 Å². The molecule has 0 spiro atoms. The first kappa shape index (κ1) is 12.5. The molecule has 0 aliphatic carbocycles. The van der Waals surface area contributed by atoms with Crippen molar-refractivity contribution < 1.29 is 4.79 Å². The van der Waals surface area contributed by atoms with Crippen molar-refractivity contribution in [3.63, 3.8) is 0 Å². The van der Waals surface area contributed by atoms with Gasteiger partial charge in [-0.3, -0.25) is 4.79 Å². The van der Waals surface area contributed by atoms with Gasteiger partial charge in [0, 0.05) is 19.3 Å². The molecule has 94 valence electrons. The minimum absolute atomic E-state index is 0.0774. The van der Waals surface area contributed by atoms with Crippen molar-refractivity contribution in [2.75, 3.05) is 20.1 Å². The Hall–Kier alpha value is -1.93. The van der Waals surface area contributed by atoms with Crippen molar-refractivity contribution in [3.05, 3.63) is 29.6 Å². The number of nitrogens with one attached hydrogen (secondary N) is 1. The summed E-state index contributed by atoms with van der Waals surface area (Å²) >= 11 is 0. The average Bonchev–Trinajstić information content (AvgIpc) is 2.47. The summed E-state index contributed by atoms with van der Waals surface area (Å²) in [5, 5.41) is 12.0. The van der Waals surface area contributed by atoms with Gasteiger partial charge in [0.2, 0.25) is 0 Å². The van der Waals surface area contributed by atoms with Crippen molar-refractivity contribution in [1.29, 1.82) is 5.26 Å². The van der Waals surface area contributed by atoms with E-state index in [9.17, 15) is 4.79 Å². The zero-order chi connectivity index (χ0) is 13.0. The van der Waals surface area contributed by atoms with Crippen LogP contribution in [0.25, 0.3) is 0 Å². The fourth-order valence-electron chi connectivity index (χ4n) is 2.13. The molecule has 5 heteroatoms. The topological polar surface area (TPSA) is 69.0 Å². The van der Waals surface area contributed by atoms with Crippen LogP contribution in [0.4, 0.5) is 0 Å². The Morgan fingerprint density at radius 3 is 2.78 bits per heavy atom. The molecule has 1 aromatic heterocycles. The number of rotatable bonds is 2. The van der Waals surface area contributed by atoms with Crippen LogP contribution < -0.4 is 5.32 Å². The summed E-state index contributed by atoms with van der Waals surface area (Å²) in [6, 6.07) is 5.50. The van der Waals surface area contributed by atoms with Crippen molar-refractivity contribution >= 4 is 5.91 Å². The fourth-order valence-corrected chi connectivity index (χ4v) is 2.13. The number of pyridine rings is 1. The van der Waals surface area contributed by atoms with Crippen molar-refractivity contribution in [2.45, 2.75) is 18.9 Å². The van der Waals surface area contributed by atoms with E-state index < -0.39 is 0 Å². The molecule has 5 nitrogen and oxygen atoms in total. The number of carbonyl (C=O) groups excluding carboxylic acids is 1. The summed E-state index contributed by atoms with van der Waals surface area (Å²) in [4.78, 5) is 18.0. The lowest BCUT2D eigenvalue weighted by Gasteiger charge is -2.31. The highest BCUT2D eigenvalue weighted by Crippen LogP contribution is 2.12. The number of hydrogen-bond acceptors (Lipinski definition) is 4. The zero-order valence-electron chi connectivity index (χ0n) is 10.4. The first-order valence-corrected chi connectivity index (χ1v) is 6.06. The van der Waals surface area contributed by atoms with E-state index >= 15 is 0 Å². The predicted molar refractivity (Wildman–Crippen MR) is 66.9 cm³/mol. The molecule has 0 atom stereocenters. The van der Waals surface area contributed by atoms with E-state index in [0.717, 1.165) is 25.9 Å². The Morgan fingerprint density at radius 2 is 2.22 bits per heavy atom. The maximum Gasteiger partial charge on any atom is 0.272 e. The summed E-state index contributed by atoms with van der Waals surface area (Å²) in [6.07, 6.45) is 3.38. The quantitative estimate of drug-likeness (QED) is 0.834. The summed E-state index contributed by atoms with van der Waals surface area (Å²) in [6.45, 7) is 1.90. The minimum Gasteiger partial charge on any atom is -0.337 e. The van der Waals surface area contributed by atoms with Gasteiger partial charge in [0.05, 0.1) is 5.56 Å². The van der Waals surface area contributed by atoms with E-state index in [1.165, 1.54) is 6.20 Å². The van der Waals surface area contributed by atoms with E-state index in [-0.39, 0.29) is 11.9 Å². The number of piperidine rings is 1. The van der Waals surface area contributed by atoms with E-state index in [4.69, 9.17) is 5.26 Å². The second kappa shape index (κ2) is 5.61. The molecule has 18 heavy (non-hydrogen) atoms. The zero-order valence-corrected chi connectivity index (χ0v) is 10.4. The maximum absolute atomic E-state index is 12.2. The van der Waals surface area contributed by atoms with Gasteiger partial charge >= 0.3 is 0 Å². The molecular formula is C13H16N4O. The lowest BCUT2D eigenvalue weighted by Crippen LogP contribution is -2.44. The third kappa shape index (κ3) is 2.66. The van der Waals surface area contributed by atoms with E-state index in [2.05, 4.69) is 10.3 Å². The van der Waals surface area contributed by atoms with Gasteiger partial charge in [0.1, 0.15) is 11.8 Å². The van der Waals surface area contributed by atoms with Crippen LogP contribution in [0.15, 0.2) is 18.3 Å². The van der Waals surface area contributed by atoms with Crippen LogP contribution in [0.1, 0.15) is 28.9 Å². The second-order valence-corrected chi connectivity index (χ2v) is 4.44. The van der Waals surface area contributed by atoms with Crippen LogP contribution in [-0.2, 0) is 0 Å². The lowest BCUT2D eigenvalue weighted by molar-refractivity contribution is 0.0697. The maximum atomic E-state index is 12.2. The molecule has 1 aromatic rings. The molecule has 0 bridgehead atoms. The number of amides is 1. The molecular weight excluding hydrogens is 228 g/mol. The molecule has 0 saturated carbocycles. The molecule has 1 aliphatic rings. The molecule has 1 fully saturated rings. The SMILES string of the molecule is CN(C(=O)c1ccc(C#N)cn1)C1CCNCC1. The van der Waals surface area contributed by atoms with Gasteiger partial charge in [0.15, 0.2) is 0 Å². The smallest absolute Gasteiger partial charge is 0.272 e. The van der Waals surface area contributed by atoms with E-state index in [1.54, 1.807) is 17.0 Å². The predicted octanol–water partition coefficient (Wildman–Crippen LogP) is 0.777. The first-order chi connectivity index (χ1) is 8.72. The van der Waals surface area contributed by atoms with Gasteiger partial charge in [-0.2, -0.15) is 5.26 Å². The molecule has 1 amide bonds. The second-order valence-electron chi connectivity index (χ2n) is 4.44. The van der Waals surface area contributed by atoms with Gasteiger partial charge in [-0.1, -0.05) is 0 Å². The van der Waals surface area contributed by atoms with Gasteiger partial charge in [-0.15, -0.1) is 0 Å². The lowest BCUT2D eigenvalue weighted by atomic mass is 10.0. The van der Waals surface area contributed by atoms with Crippen LogP contribution in [0.3, 0.4) is 0 Å². The first-order valence-electron chi connectivity index (χ1n) is 6.06. The van der Waals surface area contributed by atoms with Crippen LogP contribution in [-0.4, -0.2) is 42.0 Å². The Bertz CT molecular complexity index is 457. The normalized spacial score (nSPS) is 16.0. The third-order valence-corrected chi connectivity index (χ3v) is 3.29. The highest BCUT2D eigenvalue weighted by atomic mass is 16.2. The minimum atomic E-state index is -0.0774. The highest BCUT2D eigenvalue weighted by molar-refractivity contribution is 5.92. The van der Waals surface area contributed by atoms with Gasteiger partial charge in [-0.25, -0.2) is 4.98 Å². The standard InChI is InChI=1S/C13H16N4O/c1-17(11-4-6-15-7-5-11)13(18)12-3-2-10(8-14)9-16-12/h2-3,9,11,15H,4-7H2,1H3. The van der Waals surface area contributed by atoms with Crippen LogP contribution in [0.5, 0.6) is 0 Å². The number of hydrogen-bond donors (Lipinski definition) is 1. The van der Waals surface area contributed by atoms with Crippen LogP contribution >= 0.6 is 0 Å². The molecule has 0 unspecified atom stereocenters. The molecule has 1 aliphatic heterocycles. The van der Waals surface area contributed by atoms with Gasteiger partial charge < -0.3 is 10.2 Å². The number of aromatic nitrogens is 1. The Morgan fingerprint density at radius 1 is 1.50 bits per heavy atom. The van der Waals surface area contributed by atoms with Crippen LogP contribution in [0, 0.1) is 11.3 Å². The average molecular weight is 244 g/mol. The molecule has 0 radical (unpaired) electrons. The number of nitriles is 1. The number of nitrogens with zero attached hydrogens (tertiary/aromatic N) is 3. The number of carbonyl (C=O) groups is 1. The van der Waals surface area contributed by atoms with E-state index in [1.807, 2.05) is 13.1 Å². The summed E-state index contributed by atoms with van der Waals surface area (Å²) in [5.41, 5.74) is 0.867. The van der Waals surface area contributed by atoms with Crippen molar-refractivity contribution in [3.8, 4) is 6.07 Å². The summed E-state index contributed by atoms with van der Waals surface area (Å²) in [7, 11) is 1.82. The summed E-state index contributed by atoms with van der Waals surface area (Å²) < 4.78 is 0. The van der Waals surface area contributed by atoms with Gasteiger partial charge in [0.25, 0.3) is 5.91 Å². The largest absolute Gasteiger partial charge is 0.337 e. The van der Waals surface area contributed by atoms with Crippen molar-refractivity contribution in [1.82, 2.24) is 15.2 Å². The van der Waals surface area contributed by atoms with Crippen LogP contribution in [0.2, 0.25) is 0 Å². The Kier molecular flexibility index (Phi) is 3.90. The molecule has 1 N–H and O–H groups in total. The monoisotopic (exact) mass is 244 g/mol. The third-order valence-electron chi connectivity index (χ3n) is 3.29. The fraction of sp³-hybridized carbons (Fsp3) is 0.462. The molecule has 2 heterocycles.